The Morgan fingerprint density at radius 1 is 1.60 bits per heavy atom. The second-order valence-corrected chi connectivity index (χ2v) is 6.24. The Hall–Kier alpha value is -1.33. The van der Waals surface area contributed by atoms with Crippen LogP contribution in [-0.4, -0.2) is 16.9 Å². The van der Waals surface area contributed by atoms with Gasteiger partial charge in [-0.1, -0.05) is 0 Å². The van der Waals surface area contributed by atoms with Gasteiger partial charge in [-0.3, -0.25) is 4.68 Å². The van der Waals surface area contributed by atoms with Crippen molar-refractivity contribution < 1.29 is 4.74 Å². The van der Waals surface area contributed by atoms with Crippen molar-refractivity contribution in [2.75, 3.05) is 7.11 Å². The van der Waals surface area contributed by atoms with E-state index in [-0.39, 0.29) is 6.04 Å². The SMILES string of the molecule is CCn1ncc(OC)c1C(N)C1CCCc2sccc21. The zero-order chi connectivity index (χ0) is 14.1. The van der Waals surface area contributed by atoms with E-state index in [1.54, 1.807) is 13.3 Å². The molecular formula is C15H21N3OS. The summed E-state index contributed by atoms with van der Waals surface area (Å²) in [5.41, 5.74) is 9.06. The van der Waals surface area contributed by atoms with Crippen LogP contribution in [0.4, 0.5) is 0 Å². The highest BCUT2D eigenvalue weighted by Crippen LogP contribution is 2.43. The number of aryl methyl sites for hydroxylation is 2. The van der Waals surface area contributed by atoms with Gasteiger partial charge < -0.3 is 10.5 Å². The largest absolute Gasteiger partial charge is 0.493 e. The lowest BCUT2D eigenvalue weighted by Crippen LogP contribution is -2.25. The Bertz CT molecular complexity index is 568. The molecule has 1 aliphatic rings. The summed E-state index contributed by atoms with van der Waals surface area (Å²) < 4.78 is 7.41. The summed E-state index contributed by atoms with van der Waals surface area (Å²) in [6.07, 6.45) is 5.33. The number of nitrogens with zero attached hydrogens (tertiary/aromatic N) is 2. The van der Waals surface area contributed by atoms with E-state index in [0.29, 0.717) is 5.92 Å². The van der Waals surface area contributed by atoms with E-state index in [1.165, 1.54) is 23.3 Å². The standard InChI is InChI=1S/C15H21N3OS/c1-3-18-15(12(19-2)9-17-18)14(16)11-5-4-6-13-10(11)7-8-20-13/h7-9,11,14H,3-6,16H2,1-2H3. The number of ether oxygens (including phenoxy) is 1. The van der Waals surface area contributed by atoms with Gasteiger partial charge in [0, 0.05) is 17.3 Å². The van der Waals surface area contributed by atoms with Crippen LogP contribution in [0.5, 0.6) is 5.75 Å². The summed E-state index contributed by atoms with van der Waals surface area (Å²) >= 11 is 1.85. The lowest BCUT2D eigenvalue weighted by Gasteiger charge is -2.29. The average molecular weight is 291 g/mol. The minimum Gasteiger partial charge on any atom is -0.493 e. The van der Waals surface area contributed by atoms with Crippen LogP contribution in [-0.2, 0) is 13.0 Å². The minimum atomic E-state index is -0.0546. The number of aromatic nitrogens is 2. The Morgan fingerprint density at radius 3 is 3.20 bits per heavy atom. The molecule has 0 aliphatic heterocycles. The Kier molecular flexibility index (Phi) is 3.81. The molecule has 2 aromatic rings. The normalized spacial score (nSPS) is 19.6. The first-order chi connectivity index (χ1) is 9.76. The summed E-state index contributed by atoms with van der Waals surface area (Å²) in [6.45, 7) is 2.90. The van der Waals surface area contributed by atoms with Crippen LogP contribution in [0, 0.1) is 0 Å². The van der Waals surface area contributed by atoms with E-state index in [0.717, 1.165) is 24.4 Å². The van der Waals surface area contributed by atoms with Gasteiger partial charge in [0.1, 0.15) is 0 Å². The smallest absolute Gasteiger partial charge is 0.161 e. The van der Waals surface area contributed by atoms with Gasteiger partial charge in [-0.15, -0.1) is 11.3 Å². The Balaban J connectivity index is 1.98. The van der Waals surface area contributed by atoms with E-state index in [9.17, 15) is 0 Å². The third kappa shape index (κ3) is 2.15. The van der Waals surface area contributed by atoms with Crippen molar-refractivity contribution in [1.29, 1.82) is 0 Å². The second-order valence-electron chi connectivity index (χ2n) is 5.24. The second kappa shape index (κ2) is 5.58. The van der Waals surface area contributed by atoms with Crippen LogP contribution in [0.3, 0.4) is 0 Å². The van der Waals surface area contributed by atoms with Gasteiger partial charge >= 0.3 is 0 Å². The number of fused-ring (bicyclic) bond motifs is 1. The van der Waals surface area contributed by atoms with Crippen molar-refractivity contribution in [3.63, 3.8) is 0 Å². The maximum absolute atomic E-state index is 6.60. The van der Waals surface area contributed by atoms with Crippen molar-refractivity contribution >= 4 is 11.3 Å². The monoisotopic (exact) mass is 291 g/mol. The molecule has 0 saturated heterocycles. The lowest BCUT2D eigenvalue weighted by molar-refractivity contribution is 0.386. The molecule has 0 bridgehead atoms. The van der Waals surface area contributed by atoms with Gasteiger partial charge in [0.25, 0.3) is 0 Å². The third-order valence-electron chi connectivity index (χ3n) is 4.21. The first-order valence-corrected chi connectivity index (χ1v) is 8.05. The van der Waals surface area contributed by atoms with Gasteiger partial charge in [-0.2, -0.15) is 5.10 Å². The topological polar surface area (TPSA) is 53.1 Å². The van der Waals surface area contributed by atoms with Crippen LogP contribution in [0.15, 0.2) is 17.6 Å². The molecule has 2 aromatic heterocycles. The zero-order valence-corrected chi connectivity index (χ0v) is 12.8. The number of nitrogens with two attached hydrogens (primary N) is 1. The van der Waals surface area contributed by atoms with Crippen LogP contribution in [0.25, 0.3) is 0 Å². The van der Waals surface area contributed by atoms with Crippen molar-refractivity contribution in [1.82, 2.24) is 9.78 Å². The molecule has 0 radical (unpaired) electrons. The highest BCUT2D eigenvalue weighted by molar-refractivity contribution is 7.10. The molecule has 2 unspecified atom stereocenters. The first kappa shape index (κ1) is 13.6. The molecule has 5 heteroatoms. The number of thiophene rings is 1. The van der Waals surface area contributed by atoms with Crippen LogP contribution in [0.1, 0.15) is 47.9 Å². The maximum Gasteiger partial charge on any atom is 0.161 e. The lowest BCUT2D eigenvalue weighted by atomic mass is 9.81. The molecule has 0 aromatic carbocycles. The molecule has 0 spiro atoms. The van der Waals surface area contributed by atoms with Crippen molar-refractivity contribution in [2.45, 2.75) is 44.7 Å². The fraction of sp³-hybridized carbons (Fsp3) is 0.533. The van der Waals surface area contributed by atoms with Gasteiger partial charge in [-0.05, 0) is 43.2 Å². The highest BCUT2D eigenvalue weighted by atomic mass is 32.1. The molecule has 108 valence electrons. The predicted octanol–water partition coefficient (Wildman–Crippen LogP) is 3.09. The molecule has 1 aliphatic carbocycles. The van der Waals surface area contributed by atoms with Crippen LogP contribution >= 0.6 is 11.3 Å². The maximum atomic E-state index is 6.60. The quantitative estimate of drug-likeness (QED) is 0.941. The van der Waals surface area contributed by atoms with E-state index in [2.05, 4.69) is 23.5 Å². The van der Waals surface area contributed by atoms with E-state index >= 15 is 0 Å². The van der Waals surface area contributed by atoms with Crippen molar-refractivity contribution in [3.05, 3.63) is 33.8 Å². The molecule has 20 heavy (non-hydrogen) atoms. The summed E-state index contributed by atoms with van der Waals surface area (Å²) in [6, 6.07) is 2.18. The summed E-state index contributed by atoms with van der Waals surface area (Å²) in [5.74, 6) is 1.18. The first-order valence-electron chi connectivity index (χ1n) is 7.17. The average Bonchev–Trinajstić information content (AvgIpc) is 3.11. The molecule has 4 nitrogen and oxygen atoms in total. The minimum absolute atomic E-state index is 0.0546. The number of hydrogen-bond donors (Lipinski definition) is 1. The molecule has 0 fully saturated rings. The molecule has 0 saturated carbocycles. The van der Waals surface area contributed by atoms with Gasteiger partial charge in [0.05, 0.1) is 25.0 Å². The van der Waals surface area contributed by atoms with Gasteiger partial charge in [0.15, 0.2) is 5.75 Å². The number of rotatable bonds is 4. The van der Waals surface area contributed by atoms with Crippen molar-refractivity contribution in [3.8, 4) is 5.75 Å². The number of methoxy groups -OCH3 is 1. The molecular weight excluding hydrogens is 270 g/mol. The van der Waals surface area contributed by atoms with Gasteiger partial charge in [0.2, 0.25) is 0 Å². The molecule has 2 N–H and O–H groups in total. The number of hydrogen-bond acceptors (Lipinski definition) is 4. The fourth-order valence-corrected chi connectivity index (χ4v) is 4.21. The van der Waals surface area contributed by atoms with Crippen LogP contribution < -0.4 is 10.5 Å². The molecule has 2 heterocycles. The van der Waals surface area contributed by atoms with Crippen molar-refractivity contribution in [2.24, 2.45) is 5.73 Å². The predicted molar refractivity (Wildman–Crippen MR) is 81.4 cm³/mol. The van der Waals surface area contributed by atoms with E-state index in [1.807, 2.05) is 16.0 Å². The summed E-state index contributed by atoms with van der Waals surface area (Å²) in [4.78, 5) is 1.50. The highest BCUT2D eigenvalue weighted by Gasteiger charge is 2.31. The van der Waals surface area contributed by atoms with E-state index in [4.69, 9.17) is 10.5 Å². The molecule has 2 atom stereocenters. The van der Waals surface area contributed by atoms with E-state index < -0.39 is 0 Å². The Morgan fingerprint density at radius 2 is 2.45 bits per heavy atom. The third-order valence-corrected chi connectivity index (χ3v) is 5.21. The fourth-order valence-electron chi connectivity index (χ4n) is 3.21. The zero-order valence-electron chi connectivity index (χ0n) is 12.0. The molecule has 0 amide bonds. The Labute approximate surface area is 123 Å². The molecule has 3 rings (SSSR count). The van der Waals surface area contributed by atoms with Crippen LogP contribution in [0.2, 0.25) is 0 Å². The van der Waals surface area contributed by atoms with Gasteiger partial charge in [-0.25, -0.2) is 0 Å². The summed E-state index contributed by atoms with van der Waals surface area (Å²) in [7, 11) is 1.68. The summed E-state index contributed by atoms with van der Waals surface area (Å²) in [5, 5.41) is 6.56.